The summed E-state index contributed by atoms with van der Waals surface area (Å²) in [7, 11) is 0. The smallest absolute Gasteiger partial charge is 0.224 e. The highest BCUT2D eigenvalue weighted by Crippen LogP contribution is 2.15. The van der Waals surface area contributed by atoms with E-state index in [2.05, 4.69) is 15.3 Å². The molecule has 144 valence electrons. The first-order valence-corrected chi connectivity index (χ1v) is 9.16. The predicted octanol–water partition coefficient (Wildman–Crippen LogP) is 3.66. The summed E-state index contributed by atoms with van der Waals surface area (Å²) in [6.07, 6.45) is 7.85. The summed E-state index contributed by atoms with van der Waals surface area (Å²) < 4.78 is 7.27. The van der Waals surface area contributed by atoms with Gasteiger partial charge in [-0.05, 0) is 42.8 Å². The van der Waals surface area contributed by atoms with Crippen LogP contribution >= 0.6 is 0 Å². The van der Waals surface area contributed by atoms with Gasteiger partial charge in [0.15, 0.2) is 5.78 Å². The van der Waals surface area contributed by atoms with Gasteiger partial charge in [-0.3, -0.25) is 14.2 Å². The zero-order valence-electron chi connectivity index (χ0n) is 15.7. The van der Waals surface area contributed by atoms with E-state index in [0.29, 0.717) is 23.7 Å². The number of ether oxygens (including phenoxy) is 1. The molecule has 0 aliphatic heterocycles. The van der Waals surface area contributed by atoms with E-state index in [1.54, 1.807) is 65.9 Å². The highest BCUT2D eigenvalue weighted by Gasteiger charge is 2.10. The lowest BCUT2D eigenvalue weighted by Crippen LogP contribution is -2.13. The van der Waals surface area contributed by atoms with E-state index < -0.39 is 0 Å². The Balaban J connectivity index is 1.47. The molecule has 2 aromatic heterocycles. The first-order chi connectivity index (χ1) is 13.7. The summed E-state index contributed by atoms with van der Waals surface area (Å²) in [6.45, 7) is 2.68. The minimum absolute atomic E-state index is 0.0780. The number of benzene rings is 1. The average Bonchev–Trinajstić information content (AvgIpc) is 3.26. The van der Waals surface area contributed by atoms with Crippen LogP contribution in [0.3, 0.4) is 0 Å². The molecule has 0 atom stereocenters. The lowest BCUT2D eigenvalue weighted by Gasteiger charge is -2.07. The normalized spacial score (nSPS) is 10.5. The Bertz CT molecular complexity index is 904. The van der Waals surface area contributed by atoms with Gasteiger partial charge in [-0.15, -0.1) is 0 Å². The molecule has 3 aromatic rings. The van der Waals surface area contributed by atoms with Crippen LogP contribution in [0.5, 0.6) is 5.75 Å². The topological polar surface area (TPSA) is 86.1 Å². The van der Waals surface area contributed by atoms with Crippen LogP contribution in [0, 0.1) is 0 Å². The molecule has 0 fully saturated rings. The fourth-order valence-corrected chi connectivity index (χ4v) is 2.56. The van der Waals surface area contributed by atoms with Crippen LogP contribution in [0.1, 0.15) is 36.5 Å². The molecule has 0 spiro atoms. The summed E-state index contributed by atoms with van der Waals surface area (Å²) in [4.78, 5) is 32.6. The molecule has 0 aliphatic rings. The number of aromatic nitrogens is 3. The number of carbonyl (C=O) groups is 2. The molecule has 2 heterocycles. The standard InChI is InChI=1S/C21H22N4O3/c1-2-13-28-18-6-3-16(4-7-18)19(26)8-10-21(27)24-17-5-9-20(23-14-17)25-12-11-22-15-25/h3-7,9,11-12,14-15H,2,8,10,13H2,1H3,(H,24,27). The van der Waals surface area contributed by atoms with Crippen LogP contribution in [-0.4, -0.2) is 32.8 Å². The van der Waals surface area contributed by atoms with Gasteiger partial charge in [0.05, 0.1) is 18.5 Å². The fraction of sp³-hybridized carbons (Fsp3) is 0.238. The van der Waals surface area contributed by atoms with Gasteiger partial charge >= 0.3 is 0 Å². The van der Waals surface area contributed by atoms with Gasteiger partial charge in [-0.2, -0.15) is 0 Å². The lowest BCUT2D eigenvalue weighted by atomic mass is 10.1. The van der Waals surface area contributed by atoms with Crippen molar-refractivity contribution in [2.75, 3.05) is 11.9 Å². The third kappa shape index (κ3) is 5.26. The molecule has 28 heavy (non-hydrogen) atoms. The van der Waals surface area contributed by atoms with Gasteiger partial charge in [0.2, 0.25) is 5.91 Å². The summed E-state index contributed by atoms with van der Waals surface area (Å²) >= 11 is 0. The largest absolute Gasteiger partial charge is 0.494 e. The number of hydrogen-bond donors (Lipinski definition) is 1. The molecular weight excluding hydrogens is 356 g/mol. The number of imidazole rings is 1. The van der Waals surface area contributed by atoms with E-state index in [4.69, 9.17) is 4.74 Å². The minimum Gasteiger partial charge on any atom is -0.494 e. The first-order valence-electron chi connectivity index (χ1n) is 9.16. The zero-order valence-corrected chi connectivity index (χ0v) is 15.7. The maximum absolute atomic E-state index is 12.3. The fourth-order valence-electron chi connectivity index (χ4n) is 2.56. The van der Waals surface area contributed by atoms with E-state index in [9.17, 15) is 9.59 Å². The molecule has 1 amide bonds. The lowest BCUT2D eigenvalue weighted by molar-refractivity contribution is -0.116. The zero-order chi connectivity index (χ0) is 19.8. The van der Waals surface area contributed by atoms with Crippen molar-refractivity contribution < 1.29 is 14.3 Å². The van der Waals surface area contributed by atoms with Crippen LogP contribution < -0.4 is 10.1 Å². The number of carbonyl (C=O) groups excluding carboxylic acids is 2. The van der Waals surface area contributed by atoms with Crippen LogP contribution in [0.4, 0.5) is 5.69 Å². The van der Waals surface area contributed by atoms with Crippen molar-refractivity contribution in [2.45, 2.75) is 26.2 Å². The highest BCUT2D eigenvalue weighted by molar-refractivity contribution is 6.00. The maximum atomic E-state index is 12.3. The number of anilines is 1. The SMILES string of the molecule is CCCOc1ccc(C(=O)CCC(=O)Nc2ccc(-n3ccnc3)nc2)cc1. The van der Waals surface area contributed by atoms with Gasteiger partial charge in [0.1, 0.15) is 17.9 Å². The molecule has 0 saturated heterocycles. The molecule has 0 saturated carbocycles. The molecule has 7 heteroatoms. The van der Waals surface area contributed by atoms with Crippen LogP contribution in [0.15, 0.2) is 61.3 Å². The molecule has 1 aromatic carbocycles. The van der Waals surface area contributed by atoms with E-state index in [-0.39, 0.29) is 24.5 Å². The van der Waals surface area contributed by atoms with Crippen molar-refractivity contribution in [3.05, 3.63) is 66.9 Å². The van der Waals surface area contributed by atoms with E-state index in [1.807, 2.05) is 6.92 Å². The monoisotopic (exact) mass is 378 g/mol. The molecule has 0 radical (unpaired) electrons. The number of pyridine rings is 1. The van der Waals surface area contributed by atoms with E-state index in [1.165, 1.54) is 0 Å². The number of rotatable bonds is 9. The predicted molar refractivity (Wildman–Crippen MR) is 106 cm³/mol. The number of ketones is 1. The van der Waals surface area contributed by atoms with Gasteiger partial charge in [0, 0.05) is 30.8 Å². The summed E-state index contributed by atoms with van der Waals surface area (Å²) in [5, 5.41) is 2.75. The number of amides is 1. The van der Waals surface area contributed by atoms with Crippen LogP contribution in [0.25, 0.3) is 5.82 Å². The second-order valence-corrected chi connectivity index (χ2v) is 6.22. The summed E-state index contributed by atoms with van der Waals surface area (Å²) in [5.41, 5.74) is 1.15. The summed E-state index contributed by atoms with van der Waals surface area (Å²) in [5.74, 6) is 1.14. The van der Waals surface area contributed by atoms with Crippen molar-refractivity contribution in [1.29, 1.82) is 0 Å². The molecule has 0 aliphatic carbocycles. The van der Waals surface area contributed by atoms with Gasteiger partial charge < -0.3 is 10.1 Å². The molecule has 1 N–H and O–H groups in total. The van der Waals surface area contributed by atoms with Crippen LogP contribution in [0.2, 0.25) is 0 Å². The quantitative estimate of drug-likeness (QED) is 0.574. The van der Waals surface area contributed by atoms with Crippen molar-refractivity contribution in [3.63, 3.8) is 0 Å². The third-order valence-corrected chi connectivity index (χ3v) is 4.03. The van der Waals surface area contributed by atoms with Crippen molar-refractivity contribution in [2.24, 2.45) is 0 Å². The Morgan fingerprint density at radius 2 is 1.93 bits per heavy atom. The number of nitrogens with zero attached hydrogens (tertiary/aromatic N) is 3. The Hall–Kier alpha value is -3.48. The first kappa shape index (κ1) is 19.3. The molecule has 7 nitrogen and oxygen atoms in total. The minimum atomic E-state index is -0.228. The van der Waals surface area contributed by atoms with E-state index in [0.717, 1.165) is 12.2 Å². The Kier molecular flexibility index (Phi) is 6.51. The molecule has 3 rings (SSSR count). The molecule has 0 bridgehead atoms. The summed E-state index contributed by atoms with van der Waals surface area (Å²) in [6, 6.07) is 10.5. The van der Waals surface area contributed by atoms with Crippen molar-refractivity contribution >= 4 is 17.4 Å². The van der Waals surface area contributed by atoms with E-state index >= 15 is 0 Å². The number of hydrogen-bond acceptors (Lipinski definition) is 5. The second kappa shape index (κ2) is 9.45. The van der Waals surface area contributed by atoms with Gasteiger partial charge in [-0.1, -0.05) is 6.92 Å². The Morgan fingerprint density at radius 1 is 1.11 bits per heavy atom. The molecule has 0 unspecified atom stereocenters. The Labute approximate surface area is 163 Å². The van der Waals surface area contributed by atoms with Crippen molar-refractivity contribution in [1.82, 2.24) is 14.5 Å². The van der Waals surface area contributed by atoms with Crippen molar-refractivity contribution in [3.8, 4) is 11.6 Å². The number of Topliss-reactive ketones (excluding diaryl/α,β-unsaturated/α-hetero) is 1. The van der Waals surface area contributed by atoms with Crippen LogP contribution in [-0.2, 0) is 4.79 Å². The maximum Gasteiger partial charge on any atom is 0.224 e. The molecular formula is C21H22N4O3. The van der Waals surface area contributed by atoms with Gasteiger partial charge in [0.25, 0.3) is 0 Å². The highest BCUT2D eigenvalue weighted by atomic mass is 16.5. The van der Waals surface area contributed by atoms with Gasteiger partial charge in [-0.25, -0.2) is 9.97 Å². The second-order valence-electron chi connectivity index (χ2n) is 6.22. The number of nitrogens with one attached hydrogen (secondary N) is 1. The Morgan fingerprint density at radius 3 is 2.57 bits per heavy atom. The average molecular weight is 378 g/mol. The third-order valence-electron chi connectivity index (χ3n) is 4.03.